The smallest absolute Gasteiger partial charge is 0.407 e. The van der Waals surface area contributed by atoms with E-state index in [4.69, 9.17) is 16.7 Å². The van der Waals surface area contributed by atoms with Gasteiger partial charge in [-0.3, -0.25) is 9.69 Å². The van der Waals surface area contributed by atoms with Crippen LogP contribution in [0.5, 0.6) is 0 Å². The zero-order valence-corrected chi connectivity index (χ0v) is 13.3. The third kappa shape index (κ3) is 3.47. The van der Waals surface area contributed by atoms with Crippen LogP contribution in [0.3, 0.4) is 0 Å². The Kier molecular flexibility index (Phi) is 5.18. The van der Waals surface area contributed by atoms with Crippen LogP contribution in [0.4, 0.5) is 10.6 Å². The average molecular weight is 327 g/mol. The molecule has 1 aromatic rings. The summed E-state index contributed by atoms with van der Waals surface area (Å²) in [4.78, 5) is 34.3. The van der Waals surface area contributed by atoms with E-state index < -0.39 is 6.09 Å². The highest BCUT2D eigenvalue weighted by atomic mass is 35.5. The third-order valence-corrected chi connectivity index (χ3v) is 4.45. The van der Waals surface area contributed by atoms with Gasteiger partial charge in [-0.05, 0) is 25.7 Å². The molecule has 1 heterocycles. The van der Waals surface area contributed by atoms with Gasteiger partial charge in [-0.25, -0.2) is 14.8 Å². The first-order valence-corrected chi connectivity index (χ1v) is 7.49. The van der Waals surface area contributed by atoms with Crippen molar-refractivity contribution in [3.8, 4) is 0 Å². The largest absolute Gasteiger partial charge is 0.465 e. The molecule has 1 saturated carbocycles. The summed E-state index contributed by atoms with van der Waals surface area (Å²) in [5, 5.41) is 9.19. The lowest BCUT2D eigenvalue weighted by atomic mass is 9.84. The van der Waals surface area contributed by atoms with Crippen LogP contribution in [0.25, 0.3) is 0 Å². The topological polar surface area (TPSA) is 86.6 Å². The van der Waals surface area contributed by atoms with Gasteiger partial charge in [0.05, 0.1) is 0 Å². The number of nitrogens with zero attached hydrogens (tertiary/aromatic N) is 4. The van der Waals surface area contributed by atoms with Crippen LogP contribution in [-0.2, 0) is 4.79 Å². The van der Waals surface area contributed by atoms with Crippen LogP contribution in [0.15, 0.2) is 12.4 Å². The van der Waals surface area contributed by atoms with Gasteiger partial charge in [0.1, 0.15) is 0 Å². The summed E-state index contributed by atoms with van der Waals surface area (Å²) in [7, 11) is 3.20. The molecule has 8 heteroatoms. The van der Waals surface area contributed by atoms with E-state index in [0.29, 0.717) is 31.5 Å². The molecule has 0 radical (unpaired) electrons. The molecule has 1 fully saturated rings. The van der Waals surface area contributed by atoms with E-state index in [1.807, 2.05) is 0 Å². The second-order valence-electron chi connectivity index (χ2n) is 5.47. The lowest BCUT2D eigenvalue weighted by molar-refractivity contribution is -0.123. The van der Waals surface area contributed by atoms with E-state index in [9.17, 15) is 9.59 Å². The molecule has 0 aliphatic heterocycles. The maximum atomic E-state index is 12.5. The van der Waals surface area contributed by atoms with Gasteiger partial charge in [-0.15, -0.1) is 0 Å². The van der Waals surface area contributed by atoms with Crippen molar-refractivity contribution in [3.05, 3.63) is 17.5 Å². The number of anilines is 1. The van der Waals surface area contributed by atoms with E-state index in [1.54, 1.807) is 14.1 Å². The Hall–Kier alpha value is -1.89. The Balaban J connectivity index is 1.98. The standard InChI is InChI=1S/C14H19ClN4O3/c1-18(14(21)22)10-5-3-9(4-6-10)13(20)19(2)12-11(15)16-7-8-17-12/h7-10H,3-6H2,1-2H3,(H,21,22). The second kappa shape index (κ2) is 6.91. The number of rotatable bonds is 3. The van der Waals surface area contributed by atoms with Crippen LogP contribution >= 0.6 is 11.6 Å². The highest BCUT2D eigenvalue weighted by Crippen LogP contribution is 2.30. The first-order chi connectivity index (χ1) is 10.4. The van der Waals surface area contributed by atoms with Crippen molar-refractivity contribution in [2.45, 2.75) is 31.7 Å². The Labute approximate surface area is 133 Å². The molecule has 0 bridgehead atoms. The molecule has 2 rings (SSSR count). The van der Waals surface area contributed by atoms with Crippen molar-refractivity contribution < 1.29 is 14.7 Å². The van der Waals surface area contributed by atoms with Gasteiger partial charge < -0.3 is 10.0 Å². The molecule has 22 heavy (non-hydrogen) atoms. The van der Waals surface area contributed by atoms with Gasteiger partial charge >= 0.3 is 6.09 Å². The van der Waals surface area contributed by atoms with Crippen LogP contribution in [0.2, 0.25) is 5.15 Å². The molecule has 7 nitrogen and oxygen atoms in total. The lowest BCUT2D eigenvalue weighted by Gasteiger charge is -2.33. The maximum absolute atomic E-state index is 12.5. The highest BCUT2D eigenvalue weighted by Gasteiger charge is 2.32. The second-order valence-corrected chi connectivity index (χ2v) is 5.82. The van der Waals surface area contributed by atoms with Crippen LogP contribution in [-0.4, -0.2) is 52.1 Å². The molecule has 0 spiro atoms. The number of carbonyl (C=O) groups excluding carboxylic acids is 1. The average Bonchev–Trinajstić information content (AvgIpc) is 2.53. The Morgan fingerprint density at radius 3 is 2.32 bits per heavy atom. The quantitative estimate of drug-likeness (QED) is 0.920. The fraction of sp³-hybridized carbons (Fsp3) is 0.571. The molecule has 1 aromatic heterocycles. The molecule has 0 unspecified atom stereocenters. The molecular formula is C14H19ClN4O3. The number of carboxylic acid groups (broad SMARTS) is 1. The van der Waals surface area contributed by atoms with Gasteiger partial charge in [-0.1, -0.05) is 11.6 Å². The minimum atomic E-state index is -0.932. The van der Waals surface area contributed by atoms with Crippen molar-refractivity contribution in [1.29, 1.82) is 0 Å². The van der Waals surface area contributed by atoms with Gasteiger partial charge in [0.25, 0.3) is 0 Å². The maximum Gasteiger partial charge on any atom is 0.407 e. The van der Waals surface area contributed by atoms with Crippen molar-refractivity contribution in [3.63, 3.8) is 0 Å². The van der Waals surface area contributed by atoms with Crippen molar-refractivity contribution >= 4 is 29.4 Å². The van der Waals surface area contributed by atoms with Gasteiger partial charge in [-0.2, -0.15) is 0 Å². The molecule has 1 aliphatic rings. The summed E-state index contributed by atoms with van der Waals surface area (Å²) < 4.78 is 0. The van der Waals surface area contributed by atoms with E-state index in [1.165, 1.54) is 22.2 Å². The van der Waals surface area contributed by atoms with Crippen LogP contribution in [0.1, 0.15) is 25.7 Å². The highest BCUT2D eigenvalue weighted by molar-refractivity contribution is 6.32. The number of aromatic nitrogens is 2. The lowest BCUT2D eigenvalue weighted by Crippen LogP contribution is -2.42. The SMILES string of the molecule is CN(C(=O)C1CCC(N(C)C(=O)O)CC1)c1nccnc1Cl. The molecule has 120 valence electrons. The minimum Gasteiger partial charge on any atom is -0.465 e. The van der Waals surface area contributed by atoms with Gasteiger partial charge in [0, 0.05) is 38.4 Å². The van der Waals surface area contributed by atoms with Gasteiger partial charge in [0.2, 0.25) is 5.91 Å². The Morgan fingerprint density at radius 2 is 1.77 bits per heavy atom. The molecule has 1 aliphatic carbocycles. The first-order valence-electron chi connectivity index (χ1n) is 7.11. The van der Waals surface area contributed by atoms with E-state index in [-0.39, 0.29) is 23.0 Å². The molecule has 1 N–H and O–H groups in total. The van der Waals surface area contributed by atoms with Crippen molar-refractivity contribution in [2.24, 2.45) is 5.92 Å². The van der Waals surface area contributed by atoms with E-state index in [0.717, 1.165) is 0 Å². The summed E-state index contributed by atoms with van der Waals surface area (Å²) >= 11 is 5.96. The Bertz CT molecular complexity index is 561. The number of hydrogen-bond donors (Lipinski definition) is 1. The number of hydrogen-bond acceptors (Lipinski definition) is 4. The minimum absolute atomic E-state index is 0.0213. The van der Waals surface area contributed by atoms with Crippen LogP contribution in [0, 0.1) is 5.92 Å². The summed E-state index contributed by atoms with van der Waals surface area (Å²) in [6, 6.07) is -0.0213. The fourth-order valence-corrected chi connectivity index (χ4v) is 3.02. The Morgan fingerprint density at radius 1 is 1.18 bits per heavy atom. The van der Waals surface area contributed by atoms with Crippen LogP contribution < -0.4 is 4.90 Å². The molecule has 0 saturated heterocycles. The molecule has 2 amide bonds. The summed E-state index contributed by atoms with van der Waals surface area (Å²) in [6.07, 6.45) is 4.70. The van der Waals surface area contributed by atoms with Crippen molar-refractivity contribution in [2.75, 3.05) is 19.0 Å². The first kappa shape index (κ1) is 16.5. The number of carbonyl (C=O) groups is 2. The summed E-state index contributed by atoms with van der Waals surface area (Å²) in [5.41, 5.74) is 0. The normalized spacial score (nSPS) is 21.2. The predicted octanol–water partition coefficient (Wildman–Crippen LogP) is 2.26. The monoisotopic (exact) mass is 326 g/mol. The zero-order chi connectivity index (χ0) is 16.3. The predicted molar refractivity (Wildman–Crippen MR) is 82.0 cm³/mol. The molecule has 0 aromatic carbocycles. The van der Waals surface area contributed by atoms with Crippen molar-refractivity contribution in [1.82, 2.24) is 14.9 Å². The molecular weight excluding hydrogens is 308 g/mol. The van der Waals surface area contributed by atoms with Gasteiger partial charge in [0.15, 0.2) is 11.0 Å². The van der Waals surface area contributed by atoms with E-state index >= 15 is 0 Å². The third-order valence-electron chi connectivity index (χ3n) is 4.18. The number of amides is 2. The molecule has 0 atom stereocenters. The summed E-state index contributed by atoms with van der Waals surface area (Å²) in [5.74, 6) is 0.152. The van der Waals surface area contributed by atoms with E-state index in [2.05, 4.69) is 9.97 Å². The number of halogens is 1. The fourth-order valence-electron chi connectivity index (χ4n) is 2.78. The summed E-state index contributed by atoms with van der Waals surface area (Å²) in [6.45, 7) is 0. The zero-order valence-electron chi connectivity index (χ0n) is 12.6.